The van der Waals surface area contributed by atoms with Gasteiger partial charge in [-0.1, -0.05) is 47.1 Å². The number of amides is 1. The van der Waals surface area contributed by atoms with Gasteiger partial charge in [-0.15, -0.1) is 0 Å². The summed E-state index contributed by atoms with van der Waals surface area (Å²) in [5, 5.41) is 0.611. The first-order valence-corrected chi connectivity index (χ1v) is 5.71. The maximum Gasteiger partial charge on any atom is 0.266 e. The molecule has 0 bridgehead atoms. The van der Waals surface area contributed by atoms with Gasteiger partial charge in [-0.25, -0.2) is 0 Å². The molecule has 0 saturated heterocycles. The molecule has 15 heavy (non-hydrogen) atoms. The number of halogens is 2. The van der Waals surface area contributed by atoms with Gasteiger partial charge in [-0.3, -0.25) is 4.79 Å². The highest BCUT2D eigenvalue weighted by Crippen LogP contribution is 2.40. The van der Waals surface area contributed by atoms with E-state index in [0.717, 1.165) is 0 Å². The molecular weight excluding hydrogens is 255 g/mol. The number of carbonyl (C=O) groups excluding carboxylic acids is 1. The summed E-state index contributed by atoms with van der Waals surface area (Å²) in [6.45, 7) is 0. The molecule has 78 valence electrons. The average molecular weight is 261 g/mol. The predicted molar refractivity (Wildman–Crippen MR) is 63.4 cm³/mol. The second kappa shape index (κ2) is 4.04. The van der Waals surface area contributed by atoms with Crippen LogP contribution in [0.2, 0.25) is 10.0 Å². The summed E-state index contributed by atoms with van der Waals surface area (Å²) in [5.74, 6) is -0.290. The SMILES string of the molecule is NC1=NC(=O)C(c2cccc(Cl)c2Cl)S1. The van der Waals surface area contributed by atoms with Crippen LogP contribution in [-0.4, -0.2) is 11.1 Å². The van der Waals surface area contributed by atoms with Crippen LogP contribution < -0.4 is 5.73 Å². The van der Waals surface area contributed by atoms with Crippen LogP contribution in [0.4, 0.5) is 0 Å². The lowest BCUT2D eigenvalue weighted by atomic mass is 10.1. The van der Waals surface area contributed by atoms with Crippen LogP contribution in [0.5, 0.6) is 0 Å². The van der Waals surface area contributed by atoms with Gasteiger partial charge in [-0.05, 0) is 11.6 Å². The molecule has 0 saturated carbocycles. The third-order valence-corrected chi connectivity index (χ3v) is 3.80. The van der Waals surface area contributed by atoms with Crippen LogP contribution in [0.25, 0.3) is 0 Å². The third-order valence-electron chi connectivity index (χ3n) is 1.95. The van der Waals surface area contributed by atoms with Crippen molar-refractivity contribution in [3.05, 3.63) is 33.8 Å². The Bertz CT molecular complexity index is 461. The molecule has 0 fully saturated rings. The van der Waals surface area contributed by atoms with Gasteiger partial charge >= 0.3 is 0 Å². The van der Waals surface area contributed by atoms with Gasteiger partial charge in [-0.2, -0.15) is 4.99 Å². The normalized spacial score (nSPS) is 20.5. The van der Waals surface area contributed by atoms with E-state index < -0.39 is 5.25 Å². The Labute approximate surface area is 101 Å². The fourth-order valence-corrected chi connectivity index (χ4v) is 2.63. The summed E-state index contributed by atoms with van der Waals surface area (Å²) < 4.78 is 0. The van der Waals surface area contributed by atoms with Crippen molar-refractivity contribution in [2.45, 2.75) is 5.25 Å². The molecule has 3 nitrogen and oxygen atoms in total. The number of nitrogens with zero attached hydrogens (tertiary/aromatic N) is 1. The summed E-state index contributed by atoms with van der Waals surface area (Å²) in [6.07, 6.45) is 0. The molecule has 1 aromatic carbocycles. The Morgan fingerprint density at radius 1 is 1.40 bits per heavy atom. The summed E-state index contributed by atoms with van der Waals surface area (Å²) in [7, 11) is 0. The number of thioether (sulfide) groups is 1. The van der Waals surface area contributed by atoms with E-state index in [1.165, 1.54) is 11.8 Å². The van der Waals surface area contributed by atoms with Crippen LogP contribution in [0, 0.1) is 0 Å². The Kier molecular flexibility index (Phi) is 2.91. The lowest BCUT2D eigenvalue weighted by Crippen LogP contribution is -2.03. The summed E-state index contributed by atoms with van der Waals surface area (Å²) in [5.41, 5.74) is 6.11. The van der Waals surface area contributed by atoms with Crippen molar-refractivity contribution in [3.63, 3.8) is 0 Å². The Balaban J connectivity index is 2.40. The summed E-state index contributed by atoms with van der Waals surface area (Å²) in [6, 6.07) is 5.16. The molecule has 1 aliphatic rings. The molecule has 2 rings (SSSR count). The number of hydrogen-bond donors (Lipinski definition) is 1. The summed E-state index contributed by atoms with van der Waals surface area (Å²) in [4.78, 5) is 15.1. The number of carbonyl (C=O) groups is 1. The second-order valence-corrected chi connectivity index (χ2v) is 4.84. The lowest BCUT2D eigenvalue weighted by molar-refractivity contribution is -0.117. The van der Waals surface area contributed by atoms with Gasteiger partial charge in [0, 0.05) is 0 Å². The molecule has 2 N–H and O–H groups in total. The topological polar surface area (TPSA) is 55.4 Å². The van der Waals surface area contributed by atoms with Gasteiger partial charge in [0.25, 0.3) is 5.91 Å². The molecule has 0 aliphatic carbocycles. The summed E-state index contributed by atoms with van der Waals surface area (Å²) >= 11 is 13.0. The number of amidine groups is 1. The van der Waals surface area contributed by atoms with E-state index in [2.05, 4.69) is 4.99 Å². The van der Waals surface area contributed by atoms with E-state index in [1.54, 1.807) is 18.2 Å². The van der Waals surface area contributed by atoms with Crippen molar-refractivity contribution < 1.29 is 4.79 Å². The van der Waals surface area contributed by atoms with Gasteiger partial charge in [0.1, 0.15) is 5.25 Å². The number of rotatable bonds is 1. The Morgan fingerprint density at radius 3 is 2.73 bits per heavy atom. The van der Waals surface area contributed by atoms with Crippen LogP contribution in [0.15, 0.2) is 23.2 Å². The van der Waals surface area contributed by atoms with Crippen LogP contribution >= 0.6 is 35.0 Å². The van der Waals surface area contributed by atoms with Crippen molar-refractivity contribution >= 4 is 46.0 Å². The third kappa shape index (κ3) is 1.97. The maximum atomic E-state index is 11.5. The molecule has 1 heterocycles. The minimum atomic E-state index is -0.462. The van der Waals surface area contributed by atoms with E-state index in [0.29, 0.717) is 15.6 Å². The number of nitrogens with two attached hydrogens (primary N) is 1. The van der Waals surface area contributed by atoms with Crippen molar-refractivity contribution in [2.24, 2.45) is 10.7 Å². The number of hydrogen-bond acceptors (Lipinski definition) is 3. The highest BCUT2D eigenvalue weighted by molar-refractivity contribution is 8.15. The molecule has 6 heteroatoms. The minimum absolute atomic E-state index is 0.265. The monoisotopic (exact) mass is 260 g/mol. The number of benzene rings is 1. The van der Waals surface area contributed by atoms with E-state index in [-0.39, 0.29) is 11.1 Å². The molecule has 1 amide bonds. The second-order valence-electron chi connectivity index (χ2n) is 2.93. The number of aliphatic imine (C=N–C) groups is 1. The molecule has 0 aromatic heterocycles. The Hall–Kier alpha value is -0.710. The van der Waals surface area contributed by atoms with E-state index >= 15 is 0 Å². The quantitative estimate of drug-likeness (QED) is 0.845. The zero-order valence-corrected chi connectivity index (χ0v) is 9.73. The first-order valence-electron chi connectivity index (χ1n) is 4.08. The van der Waals surface area contributed by atoms with Crippen molar-refractivity contribution in [1.82, 2.24) is 0 Å². The van der Waals surface area contributed by atoms with Gasteiger partial charge in [0.15, 0.2) is 5.17 Å². The van der Waals surface area contributed by atoms with E-state index in [9.17, 15) is 4.79 Å². The standard InChI is InChI=1S/C9H6Cl2N2OS/c10-5-3-1-2-4(6(5)11)7-8(14)13-9(12)15-7/h1-3,7H,(H2,12,13,14). The first-order chi connectivity index (χ1) is 7.09. The van der Waals surface area contributed by atoms with Gasteiger partial charge < -0.3 is 5.73 Å². The van der Waals surface area contributed by atoms with Crippen molar-refractivity contribution in [1.29, 1.82) is 0 Å². The lowest BCUT2D eigenvalue weighted by Gasteiger charge is -2.09. The zero-order valence-electron chi connectivity index (χ0n) is 7.41. The highest BCUT2D eigenvalue weighted by Gasteiger charge is 2.30. The zero-order chi connectivity index (χ0) is 11.0. The van der Waals surface area contributed by atoms with Crippen LogP contribution in [0.1, 0.15) is 10.8 Å². The van der Waals surface area contributed by atoms with Gasteiger partial charge in [0.05, 0.1) is 10.0 Å². The van der Waals surface area contributed by atoms with Crippen molar-refractivity contribution in [2.75, 3.05) is 0 Å². The molecule has 1 unspecified atom stereocenters. The largest absolute Gasteiger partial charge is 0.378 e. The van der Waals surface area contributed by atoms with Crippen LogP contribution in [0.3, 0.4) is 0 Å². The fourth-order valence-electron chi connectivity index (χ4n) is 1.28. The minimum Gasteiger partial charge on any atom is -0.378 e. The highest BCUT2D eigenvalue weighted by atomic mass is 35.5. The molecule has 0 radical (unpaired) electrons. The van der Waals surface area contributed by atoms with E-state index in [1.807, 2.05) is 0 Å². The Morgan fingerprint density at radius 2 is 2.13 bits per heavy atom. The van der Waals surface area contributed by atoms with E-state index in [4.69, 9.17) is 28.9 Å². The predicted octanol–water partition coefficient (Wildman–Crippen LogP) is 2.62. The maximum absolute atomic E-state index is 11.5. The van der Waals surface area contributed by atoms with Crippen molar-refractivity contribution in [3.8, 4) is 0 Å². The van der Waals surface area contributed by atoms with Crippen LogP contribution in [-0.2, 0) is 4.79 Å². The first kappa shape index (κ1) is 10.8. The average Bonchev–Trinajstić information content (AvgIpc) is 2.50. The smallest absolute Gasteiger partial charge is 0.266 e. The molecule has 1 aliphatic heterocycles. The fraction of sp³-hybridized carbons (Fsp3) is 0.111. The molecular formula is C9H6Cl2N2OS. The molecule has 1 atom stereocenters. The van der Waals surface area contributed by atoms with Gasteiger partial charge in [0.2, 0.25) is 0 Å². The molecule has 0 spiro atoms. The molecule has 1 aromatic rings.